The third-order valence-electron chi connectivity index (χ3n) is 3.24. The van der Waals surface area contributed by atoms with Crippen LogP contribution in [0.5, 0.6) is 0 Å². The first kappa shape index (κ1) is 12.8. The highest BCUT2D eigenvalue weighted by Crippen LogP contribution is 2.25. The molecule has 0 atom stereocenters. The van der Waals surface area contributed by atoms with Crippen LogP contribution >= 0.6 is 11.6 Å². The number of carbonyl (C=O) groups is 1. The maximum atomic E-state index is 13.3. The number of aromatic amines is 1. The number of hydrogen-bond acceptors (Lipinski definition) is 1. The van der Waals surface area contributed by atoms with Crippen LogP contribution in [0.3, 0.4) is 0 Å². The molecule has 0 saturated heterocycles. The quantitative estimate of drug-likeness (QED) is 0.819. The summed E-state index contributed by atoms with van der Waals surface area (Å²) in [6, 6.07) is 4.24. The molecule has 1 heterocycles. The topological polar surface area (TPSA) is 32.9 Å². The van der Waals surface area contributed by atoms with Gasteiger partial charge in [0.05, 0.1) is 10.7 Å². The molecule has 4 heteroatoms. The van der Waals surface area contributed by atoms with E-state index in [2.05, 4.69) is 4.98 Å². The van der Waals surface area contributed by atoms with Gasteiger partial charge in [0.25, 0.3) is 0 Å². The van der Waals surface area contributed by atoms with Gasteiger partial charge < -0.3 is 4.98 Å². The molecule has 0 saturated carbocycles. The van der Waals surface area contributed by atoms with Crippen LogP contribution in [-0.4, -0.2) is 10.8 Å². The maximum Gasteiger partial charge on any atom is 0.211 e. The van der Waals surface area contributed by atoms with Crippen molar-refractivity contribution < 1.29 is 9.18 Å². The fraction of sp³-hybridized carbons (Fsp3) is 0.214. The van der Waals surface area contributed by atoms with Crippen molar-refractivity contribution in [3.8, 4) is 0 Å². The lowest BCUT2D eigenvalue weighted by atomic mass is 10.0. The van der Waals surface area contributed by atoms with E-state index in [4.69, 9.17) is 11.6 Å². The van der Waals surface area contributed by atoms with Gasteiger partial charge in [-0.05, 0) is 44.0 Å². The molecule has 18 heavy (non-hydrogen) atoms. The smallest absolute Gasteiger partial charge is 0.211 e. The van der Waals surface area contributed by atoms with Crippen LogP contribution in [0.1, 0.15) is 32.9 Å². The molecule has 0 aliphatic rings. The lowest BCUT2D eigenvalue weighted by molar-refractivity contribution is 0.103. The summed E-state index contributed by atoms with van der Waals surface area (Å²) >= 11 is 5.83. The number of H-pyrrole nitrogens is 1. The van der Waals surface area contributed by atoms with Gasteiger partial charge in [-0.25, -0.2) is 4.39 Å². The Kier molecular flexibility index (Phi) is 3.26. The van der Waals surface area contributed by atoms with Gasteiger partial charge in [-0.1, -0.05) is 17.7 Å². The summed E-state index contributed by atoms with van der Waals surface area (Å²) in [4.78, 5) is 15.4. The molecule has 2 rings (SSSR count). The Morgan fingerprint density at radius 3 is 2.44 bits per heavy atom. The Hall–Kier alpha value is -1.61. The van der Waals surface area contributed by atoms with E-state index >= 15 is 0 Å². The molecule has 1 aromatic heterocycles. The molecule has 0 fully saturated rings. The zero-order valence-corrected chi connectivity index (χ0v) is 11.2. The van der Waals surface area contributed by atoms with Crippen molar-refractivity contribution in [1.82, 2.24) is 4.98 Å². The number of aryl methyl sites for hydroxylation is 1. The molecular weight excluding hydrogens is 253 g/mol. The lowest BCUT2D eigenvalue weighted by Crippen LogP contribution is -2.05. The normalized spacial score (nSPS) is 10.7. The summed E-state index contributed by atoms with van der Waals surface area (Å²) < 4.78 is 13.3. The van der Waals surface area contributed by atoms with E-state index in [0.717, 1.165) is 16.8 Å². The van der Waals surface area contributed by atoms with Gasteiger partial charge in [-0.15, -0.1) is 0 Å². The van der Waals surface area contributed by atoms with Crippen LogP contribution in [0.2, 0.25) is 5.02 Å². The van der Waals surface area contributed by atoms with Gasteiger partial charge >= 0.3 is 0 Å². The number of benzene rings is 1. The molecule has 94 valence electrons. The Balaban J connectivity index is 2.55. The second-order valence-electron chi connectivity index (χ2n) is 4.31. The van der Waals surface area contributed by atoms with E-state index in [-0.39, 0.29) is 16.4 Å². The summed E-state index contributed by atoms with van der Waals surface area (Å²) in [6.45, 7) is 5.69. The molecule has 1 aromatic carbocycles. The van der Waals surface area contributed by atoms with Gasteiger partial charge in [-0.2, -0.15) is 0 Å². The molecule has 0 aliphatic heterocycles. The zero-order chi connectivity index (χ0) is 13.4. The predicted molar refractivity (Wildman–Crippen MR) is 69.8 cm³/mol. The molecule has 0 spiro atoms. The van der Waals surface area contributed by atoms with Crippen molar-refractivity contribution >= 4 is 17.4 Å². The van der Waals surface area contributed by atoms with Gasteiger partial charge in [0, 0.05) is 11.3 Å². The van der Waals surface area contributed by atoms with E-state index in [1.807, 2.05) is 20.8 Å². The van der Waals surface area contributed by atoms with Crippen LogP contribution in [0.4, 0.5) is 4.39 Å². The monoisotopic (exact) mass is 265 g/mol. The van der Waals surface area contributed by atoms with E-state index in [0.29, 0.717) is 5.69 Å². The SMILES string of the molecule is Cc1[nH]c(C(=O)c2cccc(F)c2Cl)c(C)c1C. The van der Waals surface area contributed by atoms with E-state index in [9.17, 15) is 9.18 Å². The average Bonchev–Trinajstić information content (AvgIpc) is 2.60. The maximum absolute atomic E-state index is 13.3. The molecule has 0 unspecified atom stereocenters. The average molecular weight is 266 g/mol. The van der Waals surface area contributed by atoms with Crippen molar-refractivity contribution in [3.05, 3.63) is 57.1 Å². The van der Waals surface area contributed by atoms with Gasteiger partial charge in [-0.3, -0.25) is 4.79 Å². The van der Waals surface area contributed by atoms with Crippen LogP contribution < -0.4 is 0 Å². The summed E-state index contributed by atoms with van der Waals surface area (Å²) in [5.74, 6) is -0.867. The van der Waals surface area contributed by atoms with E-state index in [1.54, 1.807) is 0 Å². The Labute approximate surface area is 110 Å². The fourth-order valence-electron chi connectivity index (χ4n) is 1.88. The zero-order valence-electron chi connectivity index (χ0n) is 10.4. The van der Waals surface area contributed by atoms with Crippen molar-refractivity contribution in [3.63, 3.8) is 0 Å². The molecule has 0 amide bonds. The third-order valence-corrected chi connectivity index (χ3v) is 3.62. The van der Waals surface area contributed by atoms with E-state index in [1.165, 1.54) is 18.2 Å². The second kappa shape index (κ2) is 4.58. The molecular formula is C14H13ClFNO. The second-order valence-corrected chi connectivity index (χ2v) is 4.68. The third kappa shape index (κ3) is 1.95. The van der Waals surface area contributed by atoms with Crippen LogP contribution in [0, 0.1) is 26.6 Å². The first-order valence-electron chi connectivity index (χ1n) is 5.58. The standard InChI is InChI=1S/C14H13ClFNO/c1-7-8(2)13(17-9(7)3)14(18)10-5-4-6-11(16)12(10)15/h4-6,17H,1-3H3. The number of hydrogen-bond donors (Lipinski definition) is 1. The lowest BCUT2D eigenvalue weighted by Gasteiger charge is -2.04. The first-order valence-corrected chi connectivity index (χ1v) is 5.95. The van der Waals surface area contributed by atoms with Crippen molar-refractivity contribution in [2.24, 2.45) is 0 Å². The molecule has 2 nitrogen and oxygen atoms in total. The summed E-state index contributed by atoms with van der Waals surface area (Å²) in [5, 5.41) is -0.133. The van der Waals surface area contributed by atoms with Crippen LogP contribution in [-0.2, 0) is 0 Å². The number of rotatable bonds is 2. The Morgan fingerprint density at radius 2 is 1.89 bits per heavy atom. The predicted octanol–water partition coefficient (Wildman–Crippen LogP) is 3.96. The van der Waals surface area contributed by atoms with Gasteiger partial charge in [0.15, 0.2) is 0 Å². The summed E-state index contributed by atoms with van der Waals surface area (Å²) in [7, 11) is 0. The number of nitrogens with one attached hydrogen (secondary N) is 1. The van der Waals surface area contributed by atoms with Gasteiger partial charge in [0.2, 0.25) is 5.78 Å². The van der Waals surface area contributed by atoms with Gasteiger partial charge in [0.1, 0.15) is 5.82 Å². The van der Waals surface area contributed by atoms with E-state index < -0.39 is 5.82 Å². The van der Waals surface area contributed by atoms with Crippen molar-refractivity contribution in [2.45, 2.75) is 20.8 Å². The minimum atomic E-state index is -0.583. The fourth-order valence-corrected chi connectivity index (χ4v) is 2.10. The summed E-state index contributed by atoms with van der Waals surface area (Å²) in [5.41, 5.74) is 3.49. The minimum absolute atomic E-state index is 0.133. The van der Waals surface area contributed by atoms with Crippen LogP contribution in [0.25, 0.3) is 0 Å². The molecule has 0 bridgehead atoms. The van der Waals surface area contributed by atoms with Crippen molar-refractivity contribution in [2.75, 3.05) is 0 Å². The van der Waals surface area contributed by atoms with Crippen molar-refractivity contribution in [1.29, 1.82) is 0 Å². The Morgan fingerprint density at radius 1 is 1.22 bits per heavy atom. The first-order chi connectivity index (χ1) is 8.43. The largest absolute Gasteiger partial charge is 0.356 e. The number of aromatic nitrogens is 1. The Bertz CT molecular complexity index is 631. The summed E-state index contributed by atoms with van der Waals surface area (Å²) in [6.07, 6.45) is 0. The number of carbonyl (C=O) groups excluding carboxylic acids is 1. The highest BCUT2D eigenvalue weighted by atomic mass is 35.5. The molecule has 2 aromatic rings. The highest BCUT2D eigenvalue weighted by molar-refractivity contribution is 6.35. The molecule has 1 N–H and O–H groups in total. The minimum Gasteiger partial charge on any atom is -0.356 e. The number of ketones is 1. The van der Waals surface area contributed by atoms with Crippen LogP contribution in [0.15, 0.2) is 18.2 Å². The highest BCUT2D eigenvalue weighted by Gasteiger charge is 2.20. The molecule has 0 aliphatic carbocycles. The molecule has 0 radical (unpaired) electrons. The number of halogens is 2.